The lowest BCUT2D eigenvalue weighted by Gasteiger charge is -2.00. The molecule has 0 aromatic carbocycles. The Bertz CT molecular complexity index is 37.1. The van der Waals surface area contributed by atoms with E-state index in [1.54, 1.807) is 0 Å². The van der Waals surface area contributed by atoms with Crippen LogP contribution >= 0.6 is 0 Å². The summed E-state index contributed by atoms with van der Waals surface area (Å²) in [5.74, 6) is 0.840. The second-order valence-electron chi connectivity index (χ2n) is 2.29. The van der Waals surface area contributed by atoms with Gasteiger partial charge in [0.2, 0.25) is 0 Å². The lowest BCUT2D eigenvalue weighted by molar-refractivity contribution is 0.709. The van der Waals surface area contributed by atoms with E-state index in [4.69, 9.17) is 0 Å². The molecule has 0 rings (SSSR count). The van der Waals surface area contributed by atoms with Crippen LogP contribution in [0.5, 0.6) is 0 Å². The van der Waals surface area contributed by atoms with Gasteiger partial charge in [-0.25, -0.2) is 0 Å². The molecule has 0 aromatic heterocycles. The van der Waals surface area contributed by atoms with Gasteiger partial charge < -0.3 is 5.32 Å². The molecule has 1 N–H and O–H groups in total. The average molecular weight is 99.0 g/mol. The van der Waals surface area contributed by atoms with Crippen LogP contribution in [0.1, 0.15) is 13.3 Å². The van der Waals surface area contributed by atoms with Crippen molar-refractivity contribution in [2.24, 2.45) is 0 Å². The molecule has 1 nitrogen and oxygen atoms in total. The maximum absolute atomic E-state index is 3.10. The van der Waals surface area contributed by atoms with Gasteiger partial charge in [0.05, 0.1) is 0 Å². The van der Waals surface area contributed by atoms with Gasteiger partial charge in [0.1, 0.15) is 7.85 Å². The maximum atomic E-state index is 3.10. The molecule has 0 amide bonds. The number of hydrogen-bond acceptors (Lipinski definition) is 1. The van der Waals surface area contributed by atoms with Gasteiger partial charge >= 0.3 is 0 Å². The van der Waals surface area contributed by atoms with Crippen LogP contribution in [0, 0.1) is 0 Å². The van der Waals surface area contributed by atoms with Crippen LogP contribution in [0.2, 0.25) is 5.82 Å². The van der Waals surface area contributed by atoms with E-state index in [0.29, 0.717) is 0 Å². The summed E-state index contributed by atoms with van der Waals surface area (Å²) in [4.78, 5) is 0. The molecule has 0 saturated heterocycles. The molecule has 2 heteroatoms. The fourth-order valence-electron chi connectivity index (χ4n) is 0.433. The van der Waals surface area contributed by atoms with Gasteiger partial charge in [-0.15, -0.1) is 0 Å². The lowest BCUT2D eigenvalue weighted by atomic mass is 9.87. The summed E-state index contributed by atoms with van der Waals surface area (Å²) < 4.78 is 0. The van der Waals surface area contributed by atoms with Crippen molar-refractivity contribution in [3.63, 3.8) is 0 Å². The van der Waals surface area contributed by atoms with Crippen molar-refractivity contribution in [2.45, 2.75) is 19.2 Å². The topological polar surface area (TPSA) is 12.0 Å². The van der Waals surface area contributed by atoms with Crippen molar-refractivity contribution in [1.29, 1.82) is 0 Å². The number of hydrogen-bond donors (Lipinski definition) is 1. The Morgan fingerprint density at radius 2 is 2.29 bits per heavy atom. The predicted octanol–water partition coefficient (Wildman–Crippen LogP) is 0.0374. The van der Waals surface area contributed by atoms with E-state index in [0.717, 1.165) is 12.4 Å². The predicted molar refractivity (Wildman–Crippen MR) is 36.5 cm³/mol. The second-order valence-corrected chi connectivity index (χ2v) is 2.29. The van der Waals surface area contributed by atoms with E-state index in [2.05, 4.69) is 20.1 Å². The smallest absolute Gasteiger partial charge is 0.105 e. The Hall–Kier alpha value is 0.0249. The highest BCUT2D eigenvalue weighted by atomic mass is 14.8. The van der Waals surface area contributed by atoms with Crippen LogP contribution in [0.15, 0.2) is 0 Å². The molecule has 7 heavy (non-hydrogen) atoms. The zero-order valence-electron chi connectivity index (χ0n) is 5.49. The molecule has 1 unspecified atom stereocenters. The van der Waals surface area contributed by atoms with Crippen molar-refractivity contribution in [1.82, 2.24) is 5.32 Å². The molecule has 0 fully saturated rings. The normalized spacial score (nSPS) is 14.0. The molecule has 0 aromatic rings. The van der Waals surface area contributed by atoms with Gasteiger partial charge in [-0.2, -0.15) is 0 Å². The molecule has 0 saturated carbocycles. The molecule has 0 aliphatic rings. The van der Waals surface area contributed by atoms with Crippen LogP contribution in [-0.2, 0) is 0 Å². The van der Waals surface area contributed by atoms with Gasteiger partial charge in [-0.1, -0.05) is 12.7 Å². The highest BCUT2D eigenvalue weighted by molar-refractivity contribution is 6.11. The van der Waals surface area contributed by atoms with Crippen LogP contribution in [0.4, 0.5) is 0 Å². The minimum atomic E-state index is 0.840. The molecule has 0 heterocycles. The zero-order valence-corrected chi connectivity index (χ0v) is 5.49. The van der Waals surface area contributed by atoms with Gasteiger partial charge in [0.25, 0.3) is 0 Å². The van der Waals surface area contributed by atoms with E-state index in [-0.39, 0.29) is 0 Å². The Labute approximate surface area is 46.9 Å². The van der Waals surface area contributed by atoms with Crippen LogP contribution in [-0.4, -0.2) is 21.4 Å². The van der Waals surface area contributed by atoms with Gasteiger partial charge in [-0.3, -0.25) is 0 Å². The summed E-state index contributed by atoms with van der Waals surface area (Å²) in [5, 5.41) is 3.10. The molecule has 0 aliphatic heterocycles. The Balaban J connectivity index is 2.68. The monoisotopic (exact) mass is 99.1 g/mol. The summed E-state index contributed by atoms with van der Waals surface area (Å²) in [6.45, 7) is 3.38. The van der Waals surface area contributed by atoms with Crippen LogP contribution in [0.25, 0.3) is 0 Å². The number of nitrogens with one attached hydrogen (secondary N) is 1. The van der Waals surface area contributed by atoms with Crippen LogP contribution < -0.4 is 5.32 Å². The van der Waals surface area contributed by atoms with Gasteiger partial charge in [0.15, 0.2) is 0 Å². The van der Waals surface area contributed by atoms with E-state index in [9.17, 15) is 0 Å². The van der Waals surface area contributed by atoms with E-state index < -0.39 is 0 Å². The van der Waals surface area contributed by atoms with Crippen molar-refractivity contribution in [3.8, 4) is 0 Å². The summed E-state index contributed by atoms with van der Waals surface area (Å²) in [5.41, 5.74) is 0. The molecule has 0 spiro atoms. The molecule has 0 radical (unpaired) electrons. The van der Waals surface area contributed by atoms with Crippen molar-refractivity contribution >= 4 is 7.85 Å². The quantitative estimate of drug-likeness (QED) is 0.492. The first kappa shape index (κ1) is 7.02. The first-order valence-corrected chi connectivity index (χ1v) is 2.92. The molecular formula is C5H14BN. The molecule has 42 valence electrons. The third-order valence-electron chi connectivity index (χ3n) is 0.972. The van der Waals surface area contributed by atoms with E-state index >= 15 is 0 Å². The van der Waals surface area contributed by atoms with Crippen molar-refractivity contribution in [3.05, 3.63) is 0 Å². The average Bonchev–Trinajstić information content (AvgIpc) is 1.61. The molecule has 0 aliphatic carbocycles. The summed E-state index contributed by atoms with van der Waals surface area (Å²) in [6, 6.07) is 0. The number of rotatable bonds is 3. The fraction of sp³-hybridized carbons (Fsp3) is 1.00. The minimum Gasteiger partial charge on any atom is -0.320 e. The Morgan fingerprint density at radius 3 is 2.43 bits per heavy atom. The molecule has 1 atom stereocenters. The summed E-state index contributed by atoms with van der Waals surface area (Å²) >= 11 is 0. The lowest BCUT2D eigenvalue weighted by Crippen LogP contribution is -2.08. The summed E-state index contributed by atoms with van der Waals surface area (Å²) in [7, 11) is 4.22. The summed E-state index contributed by atoms with van der Waals surface area (Å²) in [6.07, 6.45) is 1.29. The first-order chi connectivity index (χ1) is 3.27. The Kier molecular flexibility index (Phi) is 4.21. The first-order valence-electron chi connectivity index (χ1n) is 2.92. The van der Waals surface area contributed by atoms with Crippen molar-refractivity contribution < 1.29 is 0 Å². The fourth-order valence-corrected chi connectivity index (χ4v) is 0.433. The minimum absolute atomic E-state index is 0.840. The van der Waals surface area contributed by atoms with Crippen LogP contribution in [0.3, 0.4) is 0 Å². The Morgan fingerprint density at radius 1 is 1.71 bits per heavy atom. The maximum Gasteiger partial charge on any atom is 0.105 e. The SMILES string of the molecule is BC(C)CCNC. The van der Waals surface area contributed by atoms with E-state index in [1.165, 1.54) is 6.42 Å². The molecule has 0 bridgehead atoms. The highest BCUT2D eigenvalue weighted by Gasteiger charge is 1.88. The molecular weight excluding hydrogens is 84.9 g/mol. The largest absolute Gasteiger partial charge is 0.320 e. The van der Waals surface area contributed by atoms with E-state index in [1.807, 2.05) is 7.05 Å². The van der Waals surface area contributed by atoms with Crippen molar-refractivity contribution in [2.75, 3.05) is 13.6 Å². The third-order valence-corrected chi connectivity index (χ3v) is 0.972. The standard InChI is InChI=1S/C5H14BN/c1-5(6)3-4-7-2/h5,7H,3-4,6H2,1-2H3. The highest BCUT2D eigenvalue weighted by Crippen LogP contribution is 1.98. The third kappa shape index (κ3) is 6.02. The van der Waals surface area contributed by atoms with Gasteiger partial charge in [-0.05, 0) is 20.0 Å². The zero-order chi connectivity index (χ0) is 5.70. The van der Waals surface area contributed by atoms with Gasteiger partial charge in [0, 0.05) is 0 Å². The second kappa shape index (κ2) is 4.19.